The summed E-state index contributed by atoms with van der Waals surface area (Å²) in [7, 11) is 0. The van der Waals surface area contributed by atoms with E-state index in [1.165, 1.54) is 11.3 Å². The van der Waals surface area contributed by atoms with Gasteiger partial charge in [-0.1, -0.05) is 23.7 Å². The van der Waals surface area contributed by atoms with Crippen LogP contribution in [0.2, 0.25) is 5.02 Å². The minimum Gasteiger partial charge on any atom is -0.369 e. The molecule has 0 atom stereocenters. The van der Waals surface area contributed by atoms with E-state index < -0.39 is 0 Å². The number of nitrogens with zero attached hydrogens (tertiary/aromatic N) is 1. The third kappa shape index (κ3) is 4.81. The van der Waals surface area contributed by atoms with E-state index >= 15 is 0 Å². The number of thiophene rings is 1. The van der Waals surface area contributed by atoms with Gasteiger partial charge in [-0.2, -0.15) is 0 Å². The summed E-state index contributed by atoms with van der Waals surface area (Å²) in [6.07, 6.45) is 1.66. The molecule has 0 spiro atoms. The minimum absolute atomic E-state index is 0.0430. The number of amides is 2. The van der Waals surface area contributed by atoms with Gasteiger partial charge in [-0.3, -0.25) is 14.5 Å². The Morgan fingerprint density at radius 2 is 1.84 bits per heavy atom. The average Bonchev–Trinajstić information content (AvgIpc) is 3.07. The summed E-state index contributed by atoms with van der Waals surface area (Å²) in [5, 5.41) is 3.79. The summed E-state index contributed by atoms with van der Waals surface area (Å²) in [4.78, 5) is 27.2. The molecule has 5 nitrogen and oxygen atoms in total. The first-order valence-electron chi connectivity index (χ1n) is 8.18. The van der Waals surface area contributed by atoms with Crippen molar-refractivity contribution in [3.05, 3.63) is 46.3 Å². The Morgan fingerprint density at radius 3 is 2.48 bits per heavy atom. The number of halogens is 1. The fourth-order valence-electron chi connectivity index (χ4n) is 2.94. The first-order valence-corrected chi connectivity index (χ1v) is 9.38. The predicted octanol–water partition coefficient (Wildman–Crippen LogP) is 2.75. The minimum atomic E-state index is -0.309. The highest BCUT2D eigenvalue weighted by Crippen LogP contribution is 2.29. The van der Waals surface area contributed by atoms with Crippen molar-refractivity contribution >= 4 is 34.8 Å². The van der Waals surface area contributed by atoms with Gasteiger partial charge in [0, 0.05) is 29.0 Å². The molecule has 0 bridgehead atoms. The van der Waals surface area contributed by atoms with Gasteiger partial charge in [0.05, 0.1) is 11.4 Å². The van der Waals surface area contributed by atoms with Crippen LogP contribution in [0, 0.1) is 0 Å². The standard InChI is InChI=1S/C18H20ClN3O2S/c19-13-3-1-12(2-4-13)15-5-6-16(25-15)18(24)21-14-7-9-22(10-8-14)11-17(20)23/h1-6,14H,7-11H2,(H2,20,23)(H,21,24). The van der Waals surface area contributed by atoms with Crippen LogP contribution in [0.1, 0.15) is 22.5 Å². The molecule has 1 aliphatic rings. The normalized spacial score (nSPS) is 15.9. The molecule has 3 N–H and O–H groups in total. The topological polar surface area (TPSA) is 75.4 Å². The summed E-state index contributed by atoms with van der Waals surface area (Å²) in [5.41, 5.74) is 6.27. The zero-order valence-electron chi connectivity index (χ0n) is 13.7. The average molecular weight is 378 g/mol. The molecule has 1 aromatic heterocycles. The SMILES string of the molecule is NC(=O)CN1CCC(NC(=O)c2ccc(-c3ccc(Cl)cc3)s2)CC1. The second-order valence-corrected chi connectivity index (χ2v) is 7.68. The predicted molar refractivity (Wildman–Crippen MR) is 101 cm³/mol. The van der Waals surface area contributed by atoms with Crippen molar-refractivity contribution in [1.29, 1.82) is 0 Å². The maximum atomic E-state index is 12.5. The lowest BCUT2D eigenvalue weighted by atomic mass is 10.0. The smallest absolute Gasteiger partial charge is 0.261 e. The number of primary amides is 1. The maximum Gasteiger partial charge on any atom is 0.261 e. The maximum absolute atomic E-state index is 12.5. The zero-order chi connectivity index (χ0) is 17.8. The Hall–Kier alpha value is -1.89. The van der Waals surface area contributed by atoms with Crippen molar-refractivity contribution in [2.75, 3.05) is 19.6 Å². The highest BCUT2D eigenvalue weighted by Gasteiger charge is 2.22. The lowest BCUT2D eigenvalue weighted by Gasteiger charge is -2.31. The van der Waals surface area contributed by atoms with E-state index in [4.69, 9.17) is 17.3 Å². The summed E-state index contributed by atoms with van der Waals surface area (Å²) >= 11 is 7.38. The monoisotopic (exact) mass is 377 g/mol. The molecule has 1 saturated heterocycles. The molecule has 2 heterocycles. The van der Waals surface area contributed by atoms with Gasteiger partial charge in [0.15, 0.2) is 0 Å². The number of carbonyl (C=O) groups excluding carboxylic acids is 2. The van der Waals surface area contributed by atoms with Gasteiger partial charge in [-0.05, 0) is 42.7 Å². The highest BCUT2D eigenvalue weighted by molar-refractivity contribution is 7.17. The molecule has 0 aliphatic carbocycles. The molecule has 132 valence electrons. The van der Waals surface area contributed by atoms with Crippen molar-refractivity contribution in [1.82, 2.24) is 10.2 Å². The molecule has 0 unspecified atom stereocenters. The van der Waals surface area contributed by atoms with Crippen molar-refractivity contribution in [3.63, 3.8) is 0 Å². The van der Waals surface area contributed by atoms with Crippen molar-refractivity contribution in [2.45, 2.75) is 18.9 Å². The van der Waals surface area contributed by atoms with Gasteiger partial charge in [0.25, 0.3) is 5.91 Å². The van der Waals surface area contributed by atoms with Crippen molar-refractivity contribution < 1.29 is 9.59 Å². The molecule has 7 heteroatoms. The van der Waals surface area contributed by atoms with Crippen LogP contribution in [-0.4, -0.2) is 42.4 Å². The van der Waals surface area contributed by atoms with E-state index in [1.54, 1.807) is 0 Å². The third-order valence-electron chi connectivity index (χ3n) is 4.26. The van der Waals surface area contributed by atoms with E-state index in [1.807, 2.05) is 41.3 Å². The zero-order valence-corrected chi connectivity index (χ0v) is 15.3. The van der Waals surface area contributed by atoms with Crippen LogP contribution in [0.25, 0.3) is 10.4 Å². The molecular weight excluding hydrogens is 358 g/mol. The summed E-state index contributed by atoms with van der Waals surface area (Å²) in [6, 6.07) is 11.5. The number of nitrogens with two attached hydrogens (primary N) is 1. The summed E-state index contributed by atoms with van der Waals surface area (Å²) in [6.45, 7) is 1.83. The Balaban J connectivity index is 1.56. The molecule has 1 aromatic carbocycles. The molecule has 2 aromatic rings. The summed E-state index contributed by atoms with van der Waals surface area (Å²) < 4.78 is 0. The van der Waals surface area contributed by atoms with Gasteiger partial charge in [0.1, 0.15) is 0 Å². The molecule has 1 aliphatic heterocycles. The number of benzene rings is 1. The lowest BCUT2D eigenvalue weighted by Crippen LogP contribution is -2.46. The molecular formula is C18H20ClN3O2S. The molecule has 3 rings (SSSR count). The Morgan fingerprint density at radius 1 is 1.16 bits per heavy atom. The first-order chi connectivity index (χ1) is 12.0. The van der Waals surface area contributed by atoms with E-state index in [2.05, 4.69) is 5.32 Å². The molecule has 25 heavy (non-hydrogen) atoms. The number of nitrogens with one attached hydrogen (secondary N) is 1. The fourth-order valence-corrected chi connectivity index (χ4v) is 3.98. The van der Waals surface area contributed by atoms with E-state index in [-0.39, 0.29) is 24.4 Å². The Kier molecular flexibility index (Phi) is 5.73. The van der Waals surface area contributed by atoms with Gasteiger partial charge >= 0.3 is 0 Å². The van der Waals surface area contributed by atoms with Crippen molar-refractivity contribution in [3.8, 4) is 10.4 Å². The van der Waals surface area contributed by atoms with Crippen LogP contribution in [-0.2, 0) is 4.79 Å². The Labute approximate surface area is 155 Å². The van der Waals surface area contributed by atoms with Gasteiger partial charge < -0.3 is 11.1 Å². The number of hydrogen-bond donors (Lipinski definition) is 2. The number of likely N-dealkylation sites (tertiary alicyclic amines) is 1. The van der Waals surface area contributed by atoms with Gasteiger partial charge in [-0.15, -0.1) is 11.3 Å². The number of hydrogen-bond acceptors (Lipinski definition) is 4. The number of rotatable bonds is 5. The van der Waals surface area contributed by atoms with E-state index in [9.17, 15) is 9.59 Å². The number of piperidine rings is 1. The van der Waals surface area contributed by atoms with Crippen LogP contribution in [0.3, 0.4) is 0 Å². The Bertz CT molecular complexity index is 752. The second kappa shape index (κ2) is 7.99. The van der Waals surface area contributed by atoms with Crippen LogP contribution >= 0.6 is 22.9 Å². The molecule has 0 saturated carbocycles. The first kappa shape index (κ1) is 17.9. The van der Waals surface area contributed by atoms with Crippen molar-refractivity contribution in [2.24, 2.45) is 5.73 Å². The largest absolute Gasteiger partial charge is 0.369 e. The van der Waals surface area contributed by atoms with E-state index in [0.29, 0.717) is 9.90 Å². The second-order valence-electron chi connectivity index (χ2n) is 6.16. The van der Waals surface area contributed by atoms with Crippen LogP contribution in [0.5, 0.6) is 0 Å². The highest BCUT2D eigenvalue weighted by atomic mass is 35.5. The molecule has 1 fully saturated rings. The van der Waals surface area contributed by atoms with Crippen LogP contribution in [0.15, 0.2) is 36.4 Å². The quantitative estimate of drug-likeness (QED) is 0.841. The van der Waals surface area contributed by atoms with Gasteiger partial charge in [0.2, 0.25) is 5.91 Å². The molecule has 2 amide bonds. The van der Waals surface area contributed by atoms with Crippen LogP contribution < -0.4 is 11.1 Å². The fraction of sp³-hybridized carbons (Fsp3) is 0.333. The van der Waals surface area contributed by atoms with Gasteiger partial charge in [-0.25, -0.2) is 0 Å². The lowest BCUT2D eigenvalue weighted by molar-refractivity contribution is -0.119. The van der Waals surface area contributed by atoms with Crippen LogP contribution in [0.4, 0.5) is 0 Å². The van der Waals surface area contributed by atoms with E-state index in [0.717, 1.165) is 36.4 Å². The molecule has 0 radical (unpaired) electrons. The summed E-state index contributed by atoms with van der Waals surface area (Å²) in [5.74, 6) is -0.352. The third-order valence-corrected chi connectivity index (χ3v) is 5.65. The number of carbonyl (C=O) groups is 2.